The van der Waals surface area contributed by atoms with Crippen LogP contribution in [-0.4, -0.2) is 12.5 Å². The molecule has 0 unspecified atom stereocenters. The van der Waals surface area contributed by atoms with E-state index in [0.717, 1.165) is 30.6 Å². The van der Waals surface area contributed by atoms with Crippen LogP contribution in [0.1, 0.15) is 46.1 Å². The van der Waals surface area contributed by atoms with Crippen molar-refractivity contribution in [2.24, 2.45) is 17.8 Å². The highest BCUT2D eigenvalue weighted by Crippen LogP contribution is 2.48. The van der Waals surface area contributed by atoms with Gasteiger partial charge in [-0.05, 0) is 48.3 Å². The van der Waals surface area contributed by atoms with Crippen molar-refractivity contribution in [1.82, 2.24) is 5.32 Å². The molecule has 0 heterocycles. The number of amides is 1. The van der Waals surface area contributed by atoms with Gasteiger partial charge in [0, 0.05) is 12.2 Å². The van der Waals surface area contributed by atoms with Gasteiger partial charge >= 0.3 is 0 Å². The minimum Gasteiger partial charge on any atom is -0.399 e. The average molecular weight is 288 g/mol. The molecular formula is C18H28N2O. The van der Waals surface area contributed by atoms with E-state index in [0.29, 0.717) is 17.8 Å². The van der Waals surface area contributed by atoms with Crippen LogP contribution in [0.25, 0.3) is 0 Å². The zero-order valence-electron chi connectivity index (χ0n) is 13.6. The summed E-state index contributed by atoms with van der Waals surface area (Å²) in [4.78, 5) is 12.6. The van der Waals surface area contributed by atoms with Crippen molar-refractivity contribution in [3.8, 4) is 0 Å². The fourth-order valence-electron chi connectivity index (χ4n) is 3.19. The molecule has 1 amide bonds. The molecule has 3 nitrogen and oxygen atoms in total. The summed E-state index contributed by atoms with van der Waals surface area (Å²) in [7, 11) is 0. The highest BCUT2D eigenvalue weighted by molar-refractivity contribution is 5.91. The zero-order chi connectivity index (χ0) is 15.6. The predicted octanol–water partition coefficient (Wildman–Crippen LogP) is 3.34. The molecule has 0 spiro atoms. The Labute approximate surface area is 128 Å². The van der Waals surface area contributed by atoms with Crippen LogP contribution in [0.5, 0.6) is 0 Å². The van der Waals surface area contributed by atoms with E-state index in [1.54, 1.807) is 0 Å². The second-order valence-corrected chi connectivity index (χ2v) is 7.07. The predicted molar refractivity (Wildman–Crippen MR) is 87.9 cm³/mol. The summed E-state index contributed by atoms with van der Waals surface area (Å²) in [6.07, 6.45) is 1.88. The number of benzene rings is 1. The highest BCUT2D eigenvalue weighted by Gasteiger charge is 2.51. The first kappa shape index (κ1) is 15.9. The van der Waals surface area contributed by atoms with E-state index in [4.69, 9.17) is 5.73 Å². The van der Waals surface area contributed by atoms with E-state index in [-0.39, 0.29) is 11.3 Å². The van der Waals surface area contributed by atoms with Crippen molar-refractivity contribution < 1.29 is 4.79 Å². The molecule has 2 rings (SSSR count). The topological polar surface area (TPSA) is 55.1 Å². The average Bonchev–Trinajstić information content (AvgIpc) is 3.20. The first-order valence-corrected chi connectivity index (χ1v) is 8.01. The van der Waals surface area contributed by atoms with E-state index in [2.05, 4.69) is 33.0 Å². The summed E-state index contributed by atoms with van der Waals surface area (Å²) in [5.41, 5.74) is 7.27. The van der Waals surface area contributed by atoms with Gasteiger partial charge < -0.3 is 11.1 Å². The number of hydrogen-bond acceptors (Lipinski definition) is 2. The van der Waals surface area contributed by atoms with E-state index in [1.165, 1.54) is 0 Å². The van der Waals surface area contributed by atoms with Gasteiger partial charge in [0.05, 0.1) is 5.41 Å². The van der Waals surface area contributed by atoms with Crippen LogP contribution in [0.4, 0.5) is 5.69 Å². The smallest absolute Gasteiger partial charge is 0.230 e. The van der Waals surface area contributed by atoms with Crippen LogP contribution in [0.15, 0.2) is 24.3 Å². The molecule has 1 fully saturated rings. The Balaban J connectivity index is 2.01. The van der Waals surface area contributed by atoms with Crippen molar-refractivity contribution >= 4 is 11.6 Å². The summed E-state index contributed by atoms with van der Waals surface area (Å²) in [5, 5.41) is 3.19. The van der Waals surface area contributed by atoms with E-state index >= 15 is 0 Å². The Morgan fingerprint density at radius 1 is 1.14 bits per heavy atom. The van der Waals surface area contributed by atoms with Crippen molar-refractivity contribution in [2.45, 2.75) is 46.0 Å². The second-order valence-electron chi connectivity index (χ2n) is 7.07. The van der Waals surface area contributed by atoms with Crippen LogP contribution >= 0.6 is 0 Å². The summed E-state index contributed by atoms with van der Waals surface area (Å²) < 4.78 is 0. The largest absolute Gasteiger partial charge is 0.399 e. The summed E-state index contributed by atoms with van der Waals surface area (Å²) in [6, 6.07) is 7.75. The van der Waals surface area contributed by atoms with Gasteiger partial charge in [-0.25, -0.2) is 0 Å². The maximum Gasteiger partial charge on any atom is 0.230 e. The number of carbonyl (C=O) groups excluding carboxylic acids is 1. The van der Waals surface area contributed by atoms with E-state index in [9.17, 15) is 4.79 Å². The van der Waals surface area contributed by atoms with Crippen molar-refractivity contribution in [1.29, 1.82) is 0 Å². The van der Waals surface area contributed by atoms with Gasteiger partial charge in [-0.2, -0.15) is 0 Å². The van der Waals surface area contributed by atoms with Crippen LogP contribution in [0, 0.1) is 17.8 Å². The third kappa shape index (κ3) is 3.39. The van der Waals surface area contributed by atoms with Crippen molar-refractivity contribution in [2.75, 3.05) is 12.3 Å². The Bertz CT molecular complexity index is 478. The molecule has 0 aromatic heterocycles. The molecule has 1 saturated carbocycles. The molecule has 1 aliphatic rings. The quantitative estimate of drug-likeness (QED) is 0.789. The normalized spacial score (nSPS) is 16.5. The highest BCUT2D eigenvalue weighted by atomic mass is 16.2. The van der Waals surface area contributed by atoms with E-state index < -0.39 is 0 Å². The molecule has 1 aromatic carbocycles. The van der Waals surface area contributed by atoms with Gasteiger partial charge in [-0.1, -0.05) is 39.8 Å². The molecule has 0 saturated heterocycles. The van der Waals surface area contributed by atoms with Gasteiger partial charge in [-0.15, -0.1) is 0 Å². The Hall–Kier alpha value is -1.51. The fraction of sp³-hybridized carbons (Fsp3) is 0.611. The number of carbonyl (C=O) groups is 1. The molecule has 21 heavy (non-hydrogen) atoms. The van der Waals surface area contributed by atoms with Crippen LogP contribution < -0.4 is 11.1 Å². The van der Waals surface area contributed by atoms with E-state index in [1.807, 2.05) is 24.3 Å². The Kier molecular flexibility index (Phi) is 4.60. The lowest BCUT2D eigenvalue weighted by Crippen LogP contribution is -2.40. The molecule has 3 heteroatoms. The van der Waals surface area contributed by atoms with Gasteiger partial charge in [0.25, 0.3) is 0 Å². The summed E-state index contributed by atoms with van der Waals surface area (Å²) in [6.45, 7) is 9.67. The third-order valence-corrected chi connectivity index (χ3v) is 4.86. The van der Waals surface area contributed by atoms with Gasteiger partial charge in [0.2, 0.25) is 5.91 Å². The molecule has 0 aliphatic heterocycles. The lowest BCUT2D eigenvalue weighted by molar-refractivity contribution is -0.123. The molecule has 3 N–H and O–H groups in total. The Morgan fingerprint density at radius 2 is 1.67 bits per heavy atom. The third-order valence-electron chi connectivity index (χ3n) is 4.86. The summed E-state index contributed by atoms with van der Waals surface area (Å²) >= 11 is 0. The van der Waals surface area contributed by atoms with Crippen LogP contribution in [0.2, 0.25) is 0 Å². The minimum absolute atomic E-state index is 0.179. The first-order chi connectivity index (χ1) is 9.86. The molecule has 116 valence electrons. The monoisotopic (exact) mass is 288 g/mol. The second kappa shape index (κ2) is 6.08. The van der Waals surface area contributed by atoms with Crippen molar-refractivity contribution in [3.05, 3.63) is 29.8 Å². The number of nitrogen functional groups attached to an aromatic ring is 1. The number of hydrogen-bond donors (Lipinski definition) is 2. The SMILES string of the molecule is CC(C)C(CNC(=O)C1(c2ccc(N)cc2)CC1)C(C)C. The van der Waals surface area contributed by atoms with Crippen molar-refractivity contribution in [3.63, 3.8) is 0 Å². The number of anilines is 1. The number of nitrogens with one attached hydrogen (secondary N) is 1. The van der Waals surface area contributed by atoms with Gasteiger partial charge in [0.1, 0.15) is 0 Å². The summed E-state index contributed by atoms with van der Waals surface area (Å²) in [5.74, 6) is 1.86. The zero-order valence-corrected chi connectivity index (χ0v) is 13.6. The molecular weight excluding hydrogens is 260 g/mol. The Morgan fingerprint density at radius 3 is 2.10 bits per heavy atom. The molecule has 0 bridgehead atoms. The lowest BCUT2D eigenvalue weighted by Gasteiger charge is -2.26. The van der Waals surface area contributed by atoms with Gasteiger partial charge in [0.15, 0.2) is 0 Å². The maximum absolute atomic E-state index is 12.6. The molecule has 0 radical (unpaired) electrons. The first-order valence-electron chi connectivity index (χ1n) is 8.01. The van der Waals surface area contributed by atoms with Gasteiger partial charge in [-0.3, -0.25) is 4.79 Å². The minimum atomic E-state index is -0.299. The number of rotatable bonds is 6. The molecule has 1 aromatic rings. The van der Waals surface area contributed by atoms with Crippen LogP contribution in [0.3, 0.4) is 0 Å². The maximum atomic E-state index is 12.6. The molecule has 1 aliphatic carbocycles. The van der Waals surface area contributed by atoms with Crippen LogP contribution in [-0.2, 0) is 10.2 Å². The lowest BCUT2D eigenvalue weighted by atomic mass is 9.85. The number of nitrogens with two attached hydrogens (primary N) is 1. The standard InChI is InChI=1S/C18H28N2O/c1-12(2)16(13(3)4)11-20-17(21)18(9-10-18)14-5-7-15(19)8-6-14/h5-8,12-13,16H,9-11,19H2,1-4H3,(H,20,21). The molecule has 0 atom stereocenters. The fourth-order valence-corrected chi connectivity index (χ4v) is 3.19.